The second-order valence-electron chi connectivity index (χ2n) is 4.77. The number of benzene rings is 1. The van der Waals surface area contributed by atoms with Crippen molar-refractivity contribution in [2.45, 2.75) is 12.8 Å². The minimum Gasteiger partial charge on any atom is -0.507 e. The second kappa shape index (κ2) is 6.13. The first-order valence-electron chi connectivity index (χ1n) is 6.38. The number of aromatic hydroxyl groups is 1. The normalized spacial score (nSPS) is 18.7. The lowest BCUT2D eigenvalue weighted by atomic mass is 9.97. The van der Waals surface area contributed by atoms with Gasteiger partial charge in [-0.15, -0.1) is 0 Å². The van der Waals surface area contributed by atoms with Crippen molar-refractivity contribution >= 4 is 23.5 Å². The molecule has 1 aromatic carbocycles. The smallest absolute Gasteiger partial charge is 0.310 e. The summed E-state index contributed by atoms with van der Waals surface area (Å²) in [6.45, 7) is 0.857. The maximum atomic E-state index is 12.4. The van der Waals surface area contributed by atoms with Gasteiger partial charge in [-0.1, -0.05) is 11.6 Å². The van der Waals surface area contributed by atoms with E-state index in [2.05, 4.69) is 0 Å². The average molecular weight is 298 g/mol. The first-order chi connectivity index (χ1) is 9.52. The Labute approximate surface area is 122 Å². The molecule has 1 N–H and O–H groups in total. The third kappa shape index (κ3) is 3.04. The number of carbonyl (C=O) groups excluding carboxylic acids is 2. The van der Waals surface area contributed by atoms with Gasteiger partial charge in [0.1, 0.15) is 5.75 Å². The molecule has 0 aromatic heterocycles. The fourth-order valence-electron chi connectivity index (χ4n) is 2.37. The van der Waals surface area contributed by atoms with E-state index in [4.69, 9.17) is 16.3 Å². The van der Waals surface area contributed by atoms with Crippen molar-refractivity contribution < 1.29 is 19.4 Å². The predicted octanol–water partition coefficient (Wildman–Crippen LogP) is 2.07. The fourth-order valence-corrected chi connectivity index (χ4v) is 2.54. The molecule has 20 heavy (non-hydrogen) atoms. The number of carbonyl (C=O) groups is 2. The van der Waals surface area contributed by atoms with Gasteiger partial charge in [-0.2, -0.15) is 0 Å². The summed E-state index contributed by atoms with van der Waals surface area (Å²) >= 11 is 5.85. The molecule has 0 aliphatic carbocycles. The molecule has 1 fully saturated rings. The van der Waals surface area contributed by atoms with Crippen LogP contribution in [0.15, 0.2) is 18.2 Å². The lowest BCUT2D eigenvalue weighted by molar-refractivity contribution is -0.146. The SMILES string of the molecule is COC(=O)C1CCCN(C(=O)c2cc(Cl)ccc2O)C1. The maximum absolute atomic E-state index is 12.4. The second-order valence-corrected chi connectivity index (χ2v) is 5.21. The van der Waals surface area contributed by atoms with Crippen molar-refractivity contribution in [3.63, 3.8) is 0 Å². The van der Waals surface area contributed by atoms with Gasteiger partial charge >= 0.3 is 5.97 Å². The number of methoxy groups -OCH3 is 1. The highest BCUT2D eigenvalue weighted by Gasteiger charge is 2.30. The minimum atomic E-state index is -0.321. The van der Waals surface area contributed by atoms with Crippen molar-refractivity contribution in [2.24, 2.45) is 5.92 Å². The molecule has 1 amide bonds. The lowest BCUT2D eigenvalue weighted by Gasteiger charge is -2.31. The zero-order valence-electron chi connectivity index (χ0n) is 11.1. The lowest BCUT2D eigenvalue weighted by Crippen LogP contribution is -2.42. The Balaban J connectivity index is 2.16. The summed E-state index contributed by atoms with van der Waals surface area (Å²) in [7, 11) is 1.34. The number of halogens is 1. The van der Waals surface area contributed by atoms with E-state index in [0.29, 0.717) is 24.5 Å². The van der Waals surface area contributed by atoms with Gasteiger partial charge in [-0.05, 0) is 31.0 Å². The topological polar surface area (TPSA) is 66.8 Å². The quantitative estimate of drug-likeness (QED) is 0.849. The fraction of sp³-hybridized carbons (Fsp3) is 0.429. The van der Waals surface area contributed by atoms with E-state index >= 15 is 0 Å². The van der Waals surface area contributed by atoms with Crippen LogP contribution in [-0.4, -0.2) is 42.1 Å². The van der Waals surface area contributed by atoms with Gasteiger partial charge in [0.2, 0.25) is 0 Å². The van der Waals surface area contributed by atoms with Crippen LogP contribution in [0.25, 0.3) is 0 Å². The van der Waals surface area contributed by atoms with E-state index in [1.807, 2.05) is 0 Å². The average Bonchev–Trinajstić information content (AvgIpc) is 2.48. The van der Waals surface area contributed by atoms with E-state index in [0.717, 1.165) is 6.42 Å². The molecule has 6 heteroatoms. The first-order valence-corrected chi connectivity index (χ1v) is 6.76. The summed E-state index contributed by atoms with van der Waals surface area (Å²) in [6.07, 6.45) is 1.44. The molecule has 1 aliphatic rings. The molecule has 1 saturated heterocycles. The molecule has 1 unspecified atom stereocenters. The van der Waals surface area contributed by atoms with Crippen LogP contribution in [0.5, 0.6) is 5.75 Å². The van der Waals surface area contributed by atoms with Gasteiger partial charge in [0.05, 0.1) is 18.6 Å². The van der Waals surface area contributed by atoms with Crippen LogP contribution >= 0.6 is 11.6 Å². The van der Waals surface area contributed by atoms with Gasteiger partial charge in [0.15, 0.2) is 0 Å². The zero-order valence-corrected chi connectivity index (χ0v) is 11.9. The molecule has 1 aliphatic heterocycles. The highest BCUT2D eigenvalue weighted by Crippen LogP contribution is 2.25. The molecule has 1 aromatic rings. The van der Waals surface area contributed by atoms with Crippen LogP contribution in [-0.2, 0) is 9.53 Å². The Kier molecular flexibility index (Phi) is 4.49. The summed E-state index contributed by atoms with van der Waals surface area (Å²) in [5, 5.41) is 10.1. The number of piperidine rings is 1. The standard InChI is InChI=1S/C14H16ClNO4/c1-20-14(19)9-3-2-6-16(8-9)13(18)11-7-10(15)4-5-12(11)17/h4-5,7,9,17H,2-3,6,8H2,1H3. The molecule has 108 valence electrons. The number of phenolic OH excluding ortho intramolecular Hbond substituents is 1. The summed E-state index contributed by atoms with van der Waals surface area (Å²) in [6, 6.07) is 4.33. The molecule has 0 saturated carbocycles. The number of rotatable bonds is 2. The molecule has 0 spiro atoms. The van der Waals surface area contributed by atoms with E-state index in [-0.39, 0.29) is 29.1 Å². The number of esters is 1. The number of likely N-dealkylation sites (tertiary alicyclic amines) is 1. The van der Waals surface area contributed by atoms with Crippen LogP contribution in [0.2, 0.25) is 5.02 Å². The zero-order chi connectivity index (χ0) is 14.7. The van der Waals surface area contributed by atoms with Gasteiger partial charge in [-0.3, -0.25) is 9.59 Å². The monoisotopic (exact) mass is 297 g/mol. The van der Waals surface area contributed by atoms with E-state index in [9.17, 15) is 14.7 Å². The maximum Gasteiger partial charge on any atom is 0.310 e. The highest BCUT2D eigenvalue weighted by atomic mass is 35.5. The Hall–Kier alpha value is -1.75. The molecular weight excluding hydrogens is 282 g/mol. The van der Waals surface area contributed by atoms with Crippen LogP contribution in [0.3, 0.4) is 0 Å². The minimum absolute atomic E-state index is 0.111. The third-order valence-corrected chi connectivity index (χ3v) is 3.67. The number of ether oxygens (including phenoxy) is 1. The summed E-state index contributed by atoms with van der Waals surface area (Å²) in [5.41, 5.74) is 0.156. The van der Waals surface area contributed by atoms with Crippen molar-refractivity contribution in [3.05, 3.63) is 28.8 Å². The van der Waals surface area contributed by atoms with Crippen LogP contribution in [0.1, 0.15) is 23.2 Å². The number of phenols is 1. The molecule has 5 nitrogen and oxygen atoms in total. The Bertz CT molecular complexity index is 532. The van der Waals surface area contributed by atoms with Crippen molar-refractivity contribution in [2.75, 3.05) is 20.2 Å². The molecule has 2 rings (SSSR count). The number of hydrogen-bond acceptors (Lipinski definition) is 4. The van der Waals surface area contributed by atoms with Crippen molar-refractivity contribution in [3.8, 4) is 5.75 Å². The summed E-state index contributed by atoms with van der Waals surface area (Å²) < 4.78 is 4.72. The van der Waals surface area contributed by atoms with Gasteiger partial charge in [0.25, 0.3) is 5.91 Å². The van der Waals surface area contributed by atoms with Crippen LogP contribution in [0, 0.1) is 5.92 Å². The molecule has 0 radical (unpaired) electrons. The summed E-state index contributed by atoms with van der Waals surface area (Å²) in [4.78, 5) is 25.5. The van der Waals surface area contributed by atoms with Gasteiger partial charge in [0, 0.05) is 18.1 Å². The molecule has 1 atom stereocenters. The van der Waals surface area contributed by atoms with E-state index < -0.39 is 0 Å². The van der Waals surface area contributed by atoms with Crippen LogP contribution < -0.4 is 0 Å². The van der Waals surface area contributed by atoms with Crippen LogP contribution in [0.4, 0.5) is 0 Å². The van der Waals surface area contributed by atoms with Gasteiger partial charge in [-0.25, -0.2) is 0 Å². The van der Waals surface area contributed by atoms with E-state index in [1.165, 1.54) is 25.3 Å². The third-order valence-electron chi connectivity index (χ3n) is 3.43. The highest BCUT2D eigenvalue weighted by molar-refractivity contribution is 6.31. The Morgan fingerprint density at radius 3 is 2.90 bits per heavy atom. The predicted molar refractivity (Wildman–Crippen MR) is 73.8 cm³/mol. The largest absolute Gasteiger partial charge is 0.507 e. The first kappa shape index (κ1) is 14.7. The van der Waals surface area contributed by atoms with E-state index in [1.54, 1.807) is 4.90 Å². The number of hydrogen-bond donors (Lipinski definition) is 1. The van der Waals surface area contributed by atoms with Gasteiger partial charge < -0.3 is 14.7 Å². The number of nitrogens with zero attached hydrogens (tertiary/aromatic N) is 1. The Morgan fingerprint density at radius 2 is 2.20 bits per heavy atom. The molecular formula is C14H16ClNO4. The summed E-state index contributed by atoms with van der Waals surface area (Å²) in [5.74, 6) is -1.05. The van der Waals surface area contributed by atoms with Crippen molar-refractivity contribution in [1.29, 1.82) is 0 Å². The molecule has 1 heterocycles. The molecule has 0 bridgehead atoms. The van der Waals surface area contributed by atoms with Crippen molar-refractivity contribution in [1.82, 2.24) is 4.90 Å². The Morgan fingerprint density at radius 1 is 1.45 bits per heavy atom. The number of amides is 1.